The van der Waals surface area contributed by atoms with E-state index in [-0.39, 0.29) is 12.6 Å². The quantitative estimate of drug-likeness (QED) is 0.555. The number of aryl methyl sites for hydroxylation is 2. The molecule has 0 aliphatic heterocycles. The van der Waals surface area contributed by atoms with Crippen LogP contribution >= 0.6 is 0 Å². The molecule has 0 bridgehead atoms. The average Bonchev–Trinajstić information content (AvgIpc) is 2.55. The van der Waals surface area contributed by atoms with Crippen LogP contribution in [0.15, 0.2) is 30.6 Å². The third-order valence-corrected chi connectivity index (χ3v) is 2.94. The summed E-state index contributed by atoms with van der Waals surface area (Å²) in [4.78, 5) is 19.6. The van der Waals surface area contributed by atoms with Gasteiger partial charge in [0.15, 0.2) is 6.73 Å². The summed E-state index contributed by atoms with van der Waals surface area (Å²) in [6.45, 7) is 3.99. The SMILES string of the molecule is COc1nccnc1NNC(=O)NCOc1ccc(C)cc1C. The van der Waals surface area contributed by atoms with Gasteiger partial charge < -0.3 is 14.8 Å². The van der Waals surface area contributed by atoms with Crippen LogP contribution in [-0.2, 0) is 0 Å². The van der Waals surface area contributed by atoms with E-state index in [0.717, 1.165) is 16.9 Å². The molecule has 0 aliphatic rings. The van der Waals surface area contributed by atoms with Crippen molar-refractivity contribution in [2.75, 3.05) is 19.3 Å². The van der Waals surface area contributed by atoms with E-state index in [4.69, 9.17) is 9.47 Å². The average molecular weight is 317 g/mol. The molecule has 2 amide bonds. The molecule has 1 aromatic carbocycles. The van der Waals surface area contributed by atoms with E-state index in [9.17, 15) is 4.79 Å². The number of urea groups is 1. The molecule has 2 aromatic rings. The van der Waals surface area contributed by atoms with Crippen LogP contribution < -0.4 is 25.6 Å². The lowest BCUT2D eigenvalue weighted by molar-refractivity contribution is 0.225. The number of amides is 2. The highest BCUT2D eigenvalue weighted by Gasteiger charge is 2.06. The normalized spacial score (nSPS) is 9.87. The fourth-order valence-corrected chi connectivity index (χ4v) is 1.86. The van der Waals surface area contributed by atoms with Gasteiger partial charge in [-0.15, -0.1) is 0 Å². The third-order valence-electron chi connectivity index (χ3n) is 2.94. The second kappa shape index (κ2) is 7.83. The van der Waals surface area contributed by atoms with Crippen molar-refractivity contribution in [1.29, 1.82) is 0 Å². The Hall–Kier alpha value is -3.03. The Labute approximate surface area is 134 Å². The van der Waals surface area contributed by atoms with Gasteiger partial charge in [-0.3, -0.25) is 10.9 Å². The fraction of sp³-hybridized carbons (Fsp3) is 0.267. The van der Waals surface area contributed by atoms with Gasteiger partial charge in [-0.2, -0.15) is 0 Å². The molecular weight excluding hydrogens is 298 g/mol. The standard InChI is InChI=1S/C15H19N5O3/c1-10-4-5-12(11(2)8-10)23-9-18-15(21)20-19-13-14(22-3)17-7-6-16-13/h4-8H,9H2,1-3H3,(H,16,19)(H2,18,20,21). The zero-order valence-electron chi connectivity index (χ0n) is 13.2. The van der Waals surface area contributed by atoms with E-state index in [2.05, 4.69) is 26.1 Å². The molecular formula is C15H19N5O3. The lowest BCUT2D eigenvalue weighted by Gasteiger charge is -2.12. The summed E-state index contributed by atoms with van der Waals surface area (Å²) in [6.07, 6.45) is 2.97. The molecule has 0 saturated heterocycles. The number of carbonyl (C=O) groups is 1. The highest BCUT2D eigenvalue weighted by atomic mass is 16.5. The Morgan fingerprint density at radius 1 is 1.22 bits per heavy atom. The van der Waals surface area contributed by atoms with Crippen molar-refractivity contribution < 1.29 is 14.3 Å². The van der Waals surface area contributed by atoms with Crippen molar-refractivity contribution in [2.24, 2.45) is 0 Å². The number of methoxy groups -OCH3 is 1. The summed E-state index contributed by atoms with van der Waals surface area (Å²) in [5.74, 6) is 1.30. The van der Waals surface area contributed by atoms with Crippen LogP contribution in [0.4, 0.5) is 10.6 Å². The van der Waals surface area contributed by atoms with Gasteiger partial charge in [0.25, 0.3) is 5.88 Å². The molecule has 0 aliphatic carbocycles. The Balaban J connectivity index is 1.77. The maximum absolute atomic E-state index is 11.7. The van der Waals surface area contributed by atoms with E-state index in [1.807, 2.05) is 32.0 Å². The zero-order chi connectivity index (χ0) is 16.7. The van der Waals surface area contributed by atoms with Gasteiger partial charge in [0, 0.05) is 12.4 Å². The molecule has 8 heteroatoms. The second-order valence-corrected chi connectivity index (χ2v) is 4.73. The molecule has 0 unspecified atom stereocenters. The first-order valence-corrected chi connectivity index (χ1v) is 6.95. The van der Waals surface area contributed by atoms with Crippen molar-refractivity contribution in [2.45, 2.75) is 13.8 Å². The van der Waals surface area contributed by atoms with E-state index < -0.39 is 6.03 Å². The minimum absolute atomic E-state index is 0.0367. The first-order chi connectivity index (χ1) is 11.1. The summed E-state index contributed by atoms with van der Waals surface area (Å²) in [7, 11) is 1.47. The number of hydrogen-bond donors (Lipinski definition) is 3. The monoisotopic (exact) mass is 317 g/mol. The fourth-order valence-electron chi connectivity index (χ4n) is 1.86. The van der Waals surface area contributed by atoms with Gasteiger partial charge >= 0.3 is 6.03 Å². The number of carbonyl (C=O) groups excluding carboxylic acids is 1. The van der Waals surface area contributed by atoms with Crippen LogP contribution in [0.25, 0.3) is 0 Å². The molecule has 8 nitrogen and oxygen atoms in total. The summed E-state index contributed by atoms with van der Waals surface area (Å²) in [5.41, 5.74) is 7.20. The van der Waals surface area contributed by atoms with E-state index >= 15 is 0 Å². The number of hydrogen-bond acceptors (Lipinski definition) is 6. The lowest BCUT2D eigenvalue weighted by atomic mass is 10.1. The maximum atomic E-state index is 11.7. The number of rotatable bonds is 6. The van der Waals surface area contributed by atoms with Gasteiger partial charge in [0.1, 0.15) is 5.75 Å². The van der Waals surface area contributed by atoms with Crippen molar-refractivity contribution in [3.8, 4) is 11.6 Å². The lowest BCUT2D eigenvalue weighted by Crippen LogP contribution is -2.41. The number of aromatic nitrogens is 2. The minimum atomic E-state index is -0.470. The summed E-state index contributed by atoms with van der Waals surface area (Å²) >= 11 is 0. The Kier molecular flexibility index (Phi) is 5.56. The van der Waals surface area contributed by atoms with Crippen LogP contribution in [0.1, 0.15) is 11.1 Å². The van der Waals surface area contributed by atoms with Gasteiger partial charge in [0.2, 0.25) is 5.82 Å². The van der Waals surface area contributed by atoms with Gasteiger partial charge in [-0.1, -0.05) is 17.7 Å². The Morgan fingerprint density at radius 3 is 2.74 bits per heavy atom. The summed E-state index contributed by atoms with van der Waals surface area (Å²) in [5, 5.41) is 2.56. The van der Waals surface area contributed by atoms with Crippen LogP contribution in [0.5, 0.6) is 11.6 Å². The predicted molar refractivity (Wildman–Crippen MR) is 85.3 cm³/mol. The summed E-state index contributed by atoms with van der Waals surface area (Å²) in [6, 6.07) is 5.36. The molecule has 2 rings (SSSR count). The number of nitrogens with one attached hydrogen (secondary N) is 3. The van der Waals surface area contributed by atoms with E-state index in [1.54, 1.807) is 0 Å². The molecule has 0 fully saturated rings. The van der Waals surface area contributed by atoms with Crippen LogP contribution in [0, 0.1) is 13.8 Å². The molecule has 1 heterocycles. The Bertz CT molecular complexity index is 678. The Morgan fingerprint density at radius 2 is 2.00 bits per heavy atom. The molecule has 0 radical (unpaired) electrons. The summed E-state index contributed by atoms with van der Waals surface area (Å²) < 4.78 is 10.5. The largest absolute Gasteiger partial charge is 0.478 e. The number of anilines is 1. The van der Waals surface area contributed by atoms with Crippen molar-refractivity contribution >= 4 is 11.8 Å². The van der Waals surface area contributed by atoms with E-state index in [0.29, 0.717) is 5.82 Å². The first kappa shape index (κ1) is 16.3. The molecule has 0 spiro atoms. The smallest absolute Gasteiger partial charge is 0.336 e. The van der Waals surface area contributed by atoms with Crippen molar-refractivity contribution in [3.05, 3.63) is 41.7 Å². The second-order valence-electron chi connectivity index (χ2n) is 4.73. The van der Waals surface area contributed by atoms with Gasteiger partial charge in [-0.05, 0) is 25.5 Å². The predicted octanol–water partition coefficient (Wildman–Crippen LogP) is 1.76. The van der Waals surface area contributed by atoms with E-state index in [1.165, 1.54) is 19.5 Å². The number of hydrazine groups is 1. The minimum Gasteiger partial charge on any atom is -0.478 e. The molecule has 0 atom stereocenters. The van der Waals surface area contributed by atoms with Crippen molar-refractivity contribution in [1.82, 2.24) is 20.7 Å². The molecule has 122 valence electrons. The molecule has 0 saturated carbocycles. The molecule has 23 heavy (non-hydrogen) atoms. The van der Waals surface area contributed by atoms with Crippen molar-refractivity contribution in [3.63, 3.8) is 0 Å². The number of benzene rings is 1. The number of ether oxygens (including phenoxy) is 2. The van der Waals surface area contributed by atoms with Gasteiger partial charge in [-0.25, -0.2) is 14.8 Å². The highest BCUT2D eigenvalue weighted by molar-refractivity contribution is 5.75. The van der Waals surface area contributed by atoms with Crippen LogP contribution in [0.3, 0.4) is 0 Å². The molecule has 1 aromatic heterocycles. The van der Waals surface area contributed by atoms with Gasteiger partial charge in [0.05, 0.1) is 7.11 Å². The third kappa shape index (κ3) is 4.73. The van der Waals surface area contributed by atoms with Crippen LogP contribution in [-0.4, -0.2) is 29.8 Å². The highest BCUT2D eigenvalue weighted by Crippen LogP contribution is 2.18. The zero-order valence-corrected chi connectivity index (χ0v) is 13.2. The number of nitrogens with zero attached hydrogens (tertiary/aromatic N) is 2. The maximum Gasteiger partial charge on any atom is 0.336 e. The topological polar surface area (TPSA) is 97.4 Å². The molecule has 3 N–H and O–H groups in total. The van der Waals surface area contributed by atoms with Crippen LogP contribution in [0.2, 0.25) is 0 Å². The first-order valence-electron chi connectivity index (χ1n) is 6.95.